The molecule has 0 aliphatic heterocycles. The molecule has 37 heavy (non-hydrogen) atoms. The van der Waals surface area contributed by atoms with Crippen LogP contribution in [0.15, 0.2) is 24.4 Å². The van der Waals surface area contributed by atoms with Gasteiger partial charge in [0.15, 0.2) is 0 Å². The highest BCUT2D eigenvalue weighted by Crippen LogP contribution is 2.21. The number of rotatable bonds is 13. The third kappa shape index (κ3) is 10.6. The highest BCUT2D eigenvalue weighted by Gasteiger charge is 2.20. The van der Waals surface area contributed by atoms with E-state index in [1.54, 1.807) is 26.2 Å². The number of nitrogens with zero attached hydrogens (tertiary/aromatic N) is 5. The lowest BCUT2D eigenvalue weighted by Crippen LogP contribution is -2.45. The maximum absolute atomic E-state index is 12.4. The van der Waals surface area contributed by atoms with Gasteiger partial charge in [0.1, 0.15) is 16.9 Å². The van der Waals surface area contributed by atoms with Crippen molar-refractivity contribution in [3.8, 4) is 11.8 Å². The molecule has 0 aliphatic carbocycles. The van der Waals surface area contributed by atoms with Crippen molar-refractivity contribution in [1.82, 2.24) is 29.5 Å². The van der Waals surface area contributed by atoms with Crippen LogP contribution in [0.1, 0.15) is 44.4 Å². The second kappa shape index (κ2) is 15.6. The average molecular weight is 527 g/mol. The van der Waals surface area contributed by atoms with Crippen LogP contribution in [0.3, 0.4) is 0 Å². The quantitative estimate of drug-likeness (QED) is 0.207. The third-order valence-electron chi connectivity index (χ3n) is 5.23. The molecular weight excluding hydrogens is 488 g/mol. The van der Waals surface area contributed by atoms with E-state index in [1.807, 2.05) is 32.0 Å². The summed E-state index contributed by atoms with van der Waals surface area (Å²) in [5, 5.41) is 10.2. The molecule has 2 rings (SSSR count). The van der Waals surface area contributed by atoms with Gasteiger partial charge in [0.2, 0.25) is 17.8 Å². The first-order valence-corrected chi connectivity index (χ1v) is 13.1. The van der Waals surface area contributed by atoms with Gasteiger partial charge >= 0.3 is 0 Å². The van der Waals surface area contributed by atoms with Crippen molar-refractivity contribution in [2.75, 3.05) is 51.4 Å². The zero-order valence-electron chi connectivity index (χ0n) is 22.6. The van der Waals surface area contributed by atoms with Gasteiger partial charge in [0, 0.05) is 39.2 Å². The van der Waals surface area contributed by atoms with Crippen molar-refractivity contribution in [1.29, 1.82) is 0 Å². The number of aryl methyl sites for hydroxylation is 1. The fraction of sp³-hybridized carbons (Fsp3) is 0.500. The Morgan fingerprint density at radius 1 is 1.24 bits per heavy atom. The summed E-state index contributed by atoms with van der Waals surface area (Å²) >= 11 is 1.36. The molecule has 200 valence electrons. The van der Waals surface area contributed by atoms with Crippen LogP contribution in [-0.4, -0.2) is 82.8 Å². The molecule has 3 N–H and O–H groups in total. The molecule has 2 aromatic rings. The normalized spacial score (nSPS) is 11.6. The van der Waals surface area contributed by atoms with E-state index in [4.69, 9.17) is 0 Å². The Hall–Kier alpha value is -3.49. The Labute approximate surface area is 224 Å². The van der Waals surface area contributed by atoms with Crippen LogP contribution in [0.2, 0.25) is 0 Å². The maximum atomic E-state index is 12.4. The summed E-state index contributed by atoms with van der Waals surface area (Å²) in [4.78, 5) is 37.0. The van der Waals surface area contributed by atoms with Gasteiger partial charge in [-0.05, 0) is 58.4 Å². The minimum Gasteiger partial charge on any atom is -0.369 e. The molecule has 10 nitrogen and oxygen atoms in total. The molecule has 1 unspecified atom stereocenters. The topological polar surface area (TPSA) is 115 Å². The van der Waals surface area contributed by atoms with E-state index in [-0.39, 0.29) is 11.8 Å². The molecule has 11 heteroatoms. The molecule has 0 aliphatic rings. The molecule has 0 bridgehead atoms. The molecule has 2 aromatic heterocycles. The van der Waals surface area contributed by atoms with Crippen molar-refractivity contribution in [2.45, 2.75) is 46.1 Å². The van der Waals surface area contributed by atoms with Crippen LogP contribution in [0.25, 0.3) is 0 Å². The predicted octanol–water partition coefficient (Wildman–Crippen LogP) is 3.02. The molecule has 2 amide bonds. The van der Waals surface area contributed by atoms with Gasteiger partial charge < -0.3 is 25.8 Å². The number of likely N-dealkylation sites (N-methyl/N-ethyl adjacent to an activating group) is 2. The van der Waals surface area contributed by atoms with E-state index in [2.05, 4.69) is 49.1 Å². The summed E-state index contributed by atoms with van der Waals surface area (Å²) in [5.41, 5.74) is 1.66. The molecule has 2 heterocycles. The van der Waals surface area contributed by atoms with E-state index in [0.29, 0.717) is 37.7 Å². The van der Waals surface area contributed by atoms with Crippen LogP contribution >= 0.6 is 11.5 Å². The molecule has 0 fully saturated rings. The van der Waals surface area contributed by atoms with Crippen molar-refractivity contribution >= 4 is 40.1 Å². The smallest absolute Gasteiger partial charge is 0.246 e. The lowest BCUT2D eigenvalue weighted by Gasteiger charge is -2.23. The van der Waals surface area contributed by atoms with Crippen molar-refractivity contribution in [3.05, 3.63) is 35.7 Å². The monoisotopic (exact) mass is 526 g/mol. The number of aromatic nitrogens is 3. The zero-order chi connectivity index (χ0) is 27.2. The lowest BCUT2D eigenvalue weighted by atomic mass is 10.2. The maximum Gasteiger partial charge on any atom is 0.246 e. The summed E-state index contributed by atoms with van der Waals surface area (Å²) in [5.74, 6) is 7.06. The van der Waals surface area contributed by atoms with Gasteiger partial charge in [-0.15, -0.1) is 0 Å². The van der Waals surface area contributed by atoms with Crippen LogP contribution in [0.4, 0.5) is 16.8 Å². The number of amides is 2. The van der Waals surface area contributed by atoms with Crippen molar-refractivity contribution in [3.63, 3.8) is 0 Å². The number of unbranched alkanes of at least 4 members (excludes halogenated alkanes) is 1. The SMILES string of the molecule is CCCNc1nc(Nc2cc(C)ns2)ncc1C#CCCCNC(=O)C(C)N(C)C(=O)C=CCN(C)C. The Morgan fingerprint density at radius 3 is 2.70 bits per heavy atom. The Morgan fingerprint density at radius 2 is 2.03 bits per heavy atom. The summed E-state index contributed by atoms with van der Waals surface area (Å²) in [6.07, 6.45) is 7.23. The van der Waals surface area contributed by atoms with E-state index in [9.17, 15) is 9.59 Å². The summed E-state index contributed by atoms with van der Waals surface area (Å²) < 4.78 is 4.26. The second-order valence-electron chi connectivity index (χ2n) is 8.83. The van der Waals surface area contributed by atoms with Crippen molar-refractivity contribution < 1.29 is 9.59 Å². The first-order chi connectivity index (χ1) is 17.7. The number of hydrogen-bond donors (Lipinski definition) is 3. The Kier molecular flexibility index (Phi) is 12.5. The number of carbonyl (C=O) groups excluding carboxylic acids is 2. The lowest BCUT2D eigenvalue weighted by molar-refractivity contribution is -0.135. The van der Waals surface area contributed by atoms with Gasteiger partial charge in [-0.2, -0.15) is 9.36 Å². The molecule has 0 aromatic carbocycles. The predicted molar refractivity (Wildman–Crippen MR) is 150 cm³/mol. The van der Waals surface area contributed by atoms with Gasteiger partial charge in [-0.25, -0.2) is 4.98 Å². The summed E-state index contributed by atoms with van der Waals surface area (Å²) in [7, 11) is 5.48. The molecule has 0 saturated heterocycles. The standard InChI is InChI=1S/C26H38N8O2S/c1-7-14-27-24-21(18-29-26(31-24)30-22-17-19(2)32-37-22)12-9-8-10-15-28-25(36)20(3)34(6)23(35)13-11-16-33(4)5/h11,13,17-18,20H,7-8,10,14-16H2,1-6H3,(H,28,36)(H2,27,29,30,31). The van der Waals surface area contributed by atoms with E-state index >= 15 is 0 Å². The first kappa shape index (κ1) is 29.7. The fourth-order valence-electron chi connectivity index (χ4n) is 2.99. The molecular formula is C26H38N8O2S. The van der Waals surface area contributed by atoms with Gasteiger partial charge in [-0.3, -0.25) is 9.59 Å². The van der Waals surface area contributed by atoms with Gasteiger partial charge in [-0.1, -0.05) is 24.8 Å². The third-order valence-corrected chi connectivity index (χ3v) is 6.03. The molecule has 0 spiro atoms. The molecule has 1 atom stereocenters. The second-order valence-corrected chi connectivity index (χ2v) is 9.63. The van der Waals surface area contributed by atoms with Gasteiger partial charge in [0.25, 0.3) is 0 Å². The minimum atomic E-state index is -0.562. The number of carbonyl (C=O) groups is 2. The fourth-order valence-corrected chi connectivity index (χ4v) is 3.64. The number of hydrogen-bond acceptors (Lipinski definition) is 9. The Bertz CT molecular complexity index is 1120. The number of nitrogens with one attached hydrogen (secondary N) is 3. The van der Waals surface area contributed by atoms with Gasteiger partial charge in [0.05, 0.1) is 17.5 Å². The summed E-state index contributed by atoms with van der Waals surface area (Å²) in [6.45, 7) is 7.66. The summed E-state index contributed by atoms with van der Waals surface area (Å²) in [6, 6.07) is 1.38. The average Bonchev–Trinajstić information content (AvgIpc) is 3.28. The highest BCUT2D eigenvalue weighted by molar-refractivity contribution is 7.10. The number of anilines is 3. The zero-order valence-corrected chi connectivity index (χ0v) is 23.4. The van der Waals surface area contributed by atoms with Crippen LogP contribution in [-0.2, 0) is 9.59 Å². The van der Waals surface area contributed by atoms with Crippen LogP contribution in [0.5, 0.6) is 0 Å². The molecule has 0 radical (unpaired) electrons. The van der Waals surface area contributed by atoms with Crippen LogP contribution in [0, 0.1) is 18.8 Å². The largest absolute Gasteiger partial charge is 0.369 e. The van der Waals surface area contributed by atoms with E-state index in [1.165, 1.54) is 22.5 Å². The highest BCUT2D eigenvalue weighted by atomic mass is 32.1. The van der Waals surface area contributed by atoms with E-state index in [0.717, 1.165) is 29.2 Å². The first-order valence-electron chi connectivity index (χ1n) is 12.4. The van der Waals surface area contributed by atoms with E-state index < -0.39 is 6.04 Å². The van der Waals surface area contributed by atoms with Crippen molar-refractivity contribution in [2.24, 2.45) is 0 Å². The Balaban J connectivity index is 1.85. The molecule has 0 saturated carbocycles. The minimum absolute atomic E-state index is 0.191. The van der Waals surface area contributed by atoms with Crippen LogP contribution < -0.4 is 16.0 Å².